The van der Waals surface area contributed by atoms with Crippen LogP contribution in [-0.2, 0) is 0 Å². The molecule has 2 aromatic rings. The van der Waals surface area contributed by atoms with Crippen LogP contribution in [0.5, 0.6) is 34.5 Å². The Hall–Kier alpha value is -3.35. The first-order valence-corrected chi connectivity index (χ1v) is 13.3. The number of hydrogen-bond acceptors (Lipinski definition) is 7. The van der Waals surface area contributed by atoms with Crippen LogP contribution in [0.4, 0.5) is 0 Å². The van der Waals surface area contributed by atoms with Gasteiger partial charge in [0, 0.05) is 17.7 Å². The number of methoxy groups -OCH3 is 1. The third-order valence-electron chi connectivity index (χ3n) is 4.80. The highest BCUT2D eigenvalue weighted by Gasteiger charge is 2.22. The zero-order valence-corrected chi connectivity index (χ0v) is 24.7. The Morgan fingerprint density at radius 1 is 0.605 bits per heavy atom. The Labute approximate surface area is 228 Å². The maximum Gasteiger partial charge on any atom is 0.189 e. The van der Waals surface area contributed by atoms with E-state index >= 15 is 0 Å². The standard InChI is InChI=1S/C31H44O7/c1-18(2)34-24-14-23(30(37-21(7)8)28(16-24)33-11)12-13-27(32)26-15-25(35-19(3)4)17-29(36-20(5)6)31(26)38-22(9)10/h12-22H,1-11H3. The summed E-state index contributed by atoms with van der Waals surface area (Å²) in [5, 5.41) is 0. The molecule has 0 saturated heterocycles. The van der Waals surface area contributed by atoms with Gasteiger partial charge in [-0.15, -0.1) is 0 Å². The van der Waals surface area contributed by atoms with Crippen molar-refractivity contribution in [3.63, 3.8) is 0 Å². The molecular formula is C31H44O7. The van der Waals surface area contributed by atoms with Crippen molar-refractivity contribution in [2.75, 3.05) is 7.11 Å². The lowest BCUT2D eigenvalue weighted by Crippen LogP contribution is -2.15. The lowest BCUT2D eigenvalue weighted by atomic mass is 10.1. The number of hydrogen-bond donors (Lipinski definition) is 0. The molecular weight excluding hydrogens is 484 g/mol. The maximum atomic E-state index is 13.7. The fraction of sp³-hybridized carbons (Fsp3) is 0.516. The van der Waals surface area contributed by atoms with Gasteiger partial charge in [0.25, 0.3) is 0 Å². The molecule has 2 rings (SSSR count). The Bertz CT molecular complexity index is 1100. The van der Waals surface area contributed by atoms with E-state index in [1.807, 2.05) is 75.3 Å². The number of allylic oxidation sites excluding steroid dienone is 1. The molecule has 0 bridgehead atoms. The van der Waals surface area contributed by atoms with Gasteiger partial charge in [0.2, 0.25) is 0 Å². The molecule has 0 radical (unpaired) electrons. The van der Waals surface area contributed by atoms with Crippen LogP contribution >= 0.6 is 0 Å². The van der Waals surface area contributed by atoms with E-state index in [2.05, 4.69) is 0 Å². The number of carbonyl (C=O) groups is 1. The Morgan fingerprint density at radius 2 is 1.08 bits per heavy atom. The Balaban J connectivity index is 2.65. The second kappa shape index (κ2) is 14.0. The SMILES string of the molecule is COc1cc(OC(C)C)cc(C=CC(=O)c2cc(OC(C)C)cc(OC(C)C)c2OC(C)C)c1OC(C)C. The molecule has 0 N–H and O–H groups in total. The number of carbonyl (C=O) groups excluding carboxylic acids is 1. The van der Waals surface area contributed by atoms with Crippen molar-refractivity contribution in [3.8, 4) is 34.5 Å². The van der Waals surface area contributed by atoms with E-state index in [1.54, 1.807) is 31.4 Å². The van der Waals surface area contributed by atoms with Gasteiger partial charge in [-0.05, 0) is 93.5 Å². The van der Waals surface area contributed by atoms with E-state index in [-0.39, 0.29) is 36.3 Å². The summed E-state index contributed by atoms with van der Waals surface area (Å²) >= 11 is 0. The summed E-state index contributed by atoms with van der Waals surface area (Å²) in [5.74, 6) is 2.77. The first-order valence-electron chi connectivity index (χ1n) is 13.3. The van der Waals surface area contributed by atoms with Crippen LogP contribution in [0.1, 0.15) is 85.2 Å². The van der Waals surface area contributed by atoms with Crippen LogP contribution in [-0.4, -0.2) is 43.4 Å². The zero-order valence-electron chi connectivity index (χ0n) is 24.7. The maximum absolute atomic E-state index is 13.7. The van der Waals surface area contributed by atoms with Crippen molar-refractivity contribution in [3.05, 3.63) is 41.5 Å². The molecule has 0 aliphatic carbocycles. The molecule has 0 saturated carbocycles. The van der Waals surface area contributed by atoms with Crippen LogP contribution < -0.4 is 28.4 Å². The van der Waals surface area contributed by atoms with Gasteiger partial charge in [0.05, 0.1) is 43.2 Å². The van der Waals surface area contributed by atoms with Crippen molar-refractivity contribution in [1.82, 2.24) is 0 Å². The summed E-state index contributed by atoms with van der Waals surface area (Å²) in [6.45, 7) is 19.3. The minimum absolute atomic E-state index is 0.0335. The molecule has 0 amide bonds. The average molecular weight is 529 g/mol. The molecule has 0 unspecified atom stereocenters. The predicted molar refractivity (Wildman–Crippen MR) is 152 cm³/mol. The third-order valence-corrected chi connectivity index (χ3v) is 4.80. The lowest BCUT2D eigenvalue weighted by Gasteiger charge is -2.21. The monoisotopic (exact) mass is 528 g/mol. The summed E-state index contributed by atoms with van der Waals surface area (Å²) < 4.78 is 35.6. The second-order valence-corrected chi connectivity index (χ2v) is 10.4. The van der Waals surface area contributed by atoms with Gasteiger partial charge in [-0.2, -0.15) is 0 Å². The van der Waals surface area contributed by atoms with Crippen LogP contribution in [0, 0.1) is 0 Å². The molecule has 0 spiro atoms. The molecule has 0 atom stereocenters. The summed E-state index contributed by atoms with van der Waals surface area (Å²) in [7, 11) is 1.58. The van der Waals surface area contributed by atoms with Crippen LogP contribution in [0.3, 0.4) is 0 Å². The topological polar surface area (TPSA) is 72.5 Å². The third kappa shape index (κ3) is 9.19. The van der Waals surface area contributed by atoms with Crippen LogP contribution in [0.2, 0.25) is 0 Å². The highest BCUT2D eigenvalue weighted by Crippen LogP contribution is 2.40. The van der Waals surface area contributed by atoms with Gasteiger partial charge in [-0.3, -0.25) is 4.79 Å². The first kappa shape index (κ1) is 30.9. The molecule has 0 fully saturated rings. The average Bonchev–Trinajstić information content (AvgIpc) is 2.78. The fourth-order valence-corrected chi connectivity index (χ4v) is 3.63. The fourth-order valence-electron chi connectivity index (χ4n) is 3.63. The normalized spacial score (nSPS) is 11.7. The van der Waals surface area contributed by atoms with Crippen molar-refractivity contribution >= 4 is 11.9 Å². The van der Waals surface area contributed by atoms with E-state index in [4.69, 9.17) is 28.4 Å². The van der Waals surface area contributed by atoms with Gasteiger partial charge in [-0.1, -0.05) is 0 Å². The number of rotatable bonds is 14. The van der Waals surface area contributed by atoms with E-state index in [0.717, 1.165) is 0 Å². The number of benzene rings is 2. The van der Waals surface area contributed by atoms with Crippen molar-refractivity contribution in [2.45, 2.75) is 99.8 Å². The zero-order chi connectivity index (χ0) is 28.6. The van der Waals surface area contributed by atoms with Gasteiger partial charge in [-0.25, -0.2) is 0 Å². The lowest BCUT2D eigenvalue weighted by molar-refractivity contribution is 0.103. The molecule has 0 aromatic heterocycles. The minimum atomic E-state index is -0.270. The molecule has 7 nitrogen and oxygen atoms in total. The summed E-state index contributed by atoms with van der Waals surface area (Å²) in [5.41, 5.74) is 0.998. The smallest absolute Gasteiger partial charge is 0.189 e. The minimum Gasteiger partial charge on any atom is -0.493 e. The molecule has 38 heavy (non-hydrogen) atoms. The molecule has 210 valence electrons. The van der Waals surface area contributed by atoms with Gasteiger partial charge >= 0.3 is 0 Å². The van der Waals surface area contributed by atoms with Crippen LogP contribution in [0.25, 0.3) is 6.08 Å². The van der Waals surface area contributed by atoms with E-state index < -0.39 is 0 Å². The summed E-state index contributed by atoms with van der Waals surface area (Å²) in [4.78, 5) is 13.7. The van der Waals surface area contributed by atoms with Gasteiger partial charge in [0.1, 0.15) is 11.5 Å². The van der Waals surface area contributed by atoms with Crippen molar-refractivity contribution in [1.29, 1.82) is 0 Å². The Kier molecular flexibility index (Phi) is 11.4. The van der Waals surface area contributed by atoms with E-state index in [0.29, 0.717) is 45.6 Å². The molecule has 7 heteroatoms. The summed E-state index contributed by atoms with van der Waals surface area (Å²) in [6, 6.07) is 7.08. The molecule has 2 aromatic carbocycles. The van der Waals surface area contributed by atoms with Gasteiger partial charge in [0.15, 0.2) is 28.8 Å². The van der Waals surface area contributed by atoms with E-state index in [9.17, 15) is 4.79 Å². The predicted octanol–water partition coefficient (Wildman–Crippen LogP) is 7.53. The largest absolute Gasteiger partial charge is 0.493 e. The quantitative estimate of drug-likeness (QED) is 0.185. The van der Waals surface area contributed by atoms with Crippen molar-refractivity contribution in [2.24, 2.45) is 0 Å². The van der Waals surface area contributed by atoms with Crippen LogP contribution in [0.15, 0.2) is 30.3 Å². The van der Waals surface area contributed by atoms with Gasteiger partial charge < -0.3 is 28.4 Å². The highest BCUT2D eigenvalue weighted by molar-refractivity contribution is 6.09. The van der Waals surface area contributed by atoms with E-state index in [1.165, 1.54) is 6.08 Å². The second-order valence-electron chi connectivity index (χ2n) is 10.4. The number of ether oxygens (including phenoxy) is 6. The number of ketones is 1. The molecule has 0 heterocycles. The highest BCUT2D eigenvalue weighted by atomic mass is 16.5. The van der Waals surface area contributed by atoms with Crippen molar-refractivity contribution < 1.29 is 33.2 Å². The first-order chi connectivity index (χ1) is 17.8. The molecule has 0 aliphatic rings. The Morgan fingerprint density at radius 3 is 1.58 bits per heavy atom. The molecule has 0 aliphatic heterocycles. The summed E-state index contributed by atoms with van der Waals surface area (Å²) in [6.07, 6.45) is 2.69.